The molecule has 2 aliphatic rings. The lowest BCUT2D eigenvalue weighted by atomic mass is 9.82. The number of nitrogens with zero attached hydrogens (tertiary/aromatic N) is 1. The van der Waals surface area contributed by atoms with Crippen LogP contribution in [-0.2, 0) is 9.59 Å². The van der Waals surface area contributed by atoms with Crippen LogP contribution in [0.25, 0.3) is 0 Å². The molecule has 5 nitrogen and oxygen atoms in total. The standard InChI is InChI=1S/C24H28N2O3/c1-17-24(28)26(21-9-5-6-10-22(21)29-17)16-15-23(27)25-20-13-11-19(12-14-20)18-7-3-2-4-8-18/h2-10,17,19-20H,11-16H2,1H3,(H,25,27). The highest BCUT2D eigenvalue weighted by Gasteiger charge is 2.31. The van der Waals surface area contributed by atoms with E-state index in [-0.39, 0.29) is 17.9 Å². The van der Waals surface area contributed by atoms with Gasteiger partial charge in [0.2, 0.25) is 5.91 Å². The van der Waals surface area contributed by atoms with Crippen LogP contribution < -0.4 is 15.0 Å². The number of para-hydroxylation sites is 2. The second-order valence-corrected chi connectivity index (χ2v) is 7.99. The summed E-state index contributed by atoms with van der Waals surface area (Å²) in [6.45, 7) is 2.12. The molecule has 1 fully saturated rings. The Morgan fingerprint density at radius 1 is 1.03 bits per heavy atom. The van der Waals surface area contributed by atoms with Gasteiger partial charge in [0.1, 0.15) is 5.75 Å². The van der Waals surface area contributed by atoms with Gasteiger partial charge in [0.15, 0.2) is 6.10 Å². The highest BCUT2D eigenvalue weighted by atomic mass is 16.5. The van der Waals surface area contributed by atoms with Crippen molar-refractivity contribution in [1.29, 1.82) is 0 Å². The number of carbonyl (C=O) groups is 2. The minimum Gasteiger partial charge on any atom is -0.479 e. The van der Waals surface area contributed by atoms with E-state index in [2.05, 4.69) is 29.6 Å². The van der Waals surface area contributed by atoms with Crippen molar-refractivity contribution >= 4 is 17.5 Å². The fourth-order valence-electron chi connectivity index (χ4n) is 4.40. The van der Waals surface area contributed by atoms with E-state index in [1.165, 1.54) is 5.56 Å². The van der Waals surface area contributed by atoms with Crippen LogP contribution in [0.2, 0.25) is 0 Å². The fourth-order valence-corrected chi connectivity index (χ4v) is 4.40. The Hall–Kier alpha value is -2.82. The third-order valence-corrected chi connectivity index (χ3v) is 6.00. The first-order valence-corrected chi connectivity index (χ1v) is 10.5. The molecule has 1 aliphatic carbocycles. The van der Waals surface area contributed by atoms with E-state index < -0.39 is 6.10 Å². The lowest BCUT2D eigenvalue weighted by Crippen LogP contribution is -2.46. The highest BCUT2D eigenvalue weighted by Crippen LogP contribution is 2.34. The molecule has 0 bridgehead atoms. The molecule has 29 heavy (non-hydrogen) atoms. The molecule has 1 saturated carbocycles. The molecular formula is C24H28N2O3. The van der Waals surface area contributed by atoms with Gasteiger partial charge in [-0.05, 0) is 56.2 Å². The predicted octanol–water partition coefficient (Wildman–Crippen LogP) is 4.03. The fraction of sp³-hybridized carbons (Fsp3) is 0.417. The van der Waals surface area contributed by atoms with Gasteiger partial charge in [0.05, 0.1) is 5.69 Å². The van der Waals surface area contributed by atoms with Crippen LogP contribution in [0.4, 0.5) is 5.69 Å². The number of fused-ring (bicyclic) bond motifs is 1. The molecule has 2 aromatic rings. The molecule has 0 saturated heterocycles. The number of hydrogen-bond donors (Lipinski definition) is 1. The summed E-state index contributed by atoms with van der Waals surface area (Å²) in [6.07, 6.45) is 3.97. The van der Waals surface area contributed by atoms with E-state index in [4.69, 9.17) is 4.74 Å². The van der Waals surface area contributed by atoms with Gasteiger partial charge in [-0.3, -0.25) is 9.59 Å². The van der Waals surface area contributed by atoms with Crippen molar-refractivity contribution in [1.82, 2.24) is 5.32 Å². The first kappa shape index (κ1) is 19.5. The highest BCUT2D eigenvalue weighted by molar-refractivity contribution is 6.00. The number of carbonyl (C=O) groups excluding carboxylic acids is 2. The van der Waals surface area contributed by atoms with Crippen molar-refractivity contribution in [3.05, 3.63) is 60.2 Å². The monoisotopic (exact) mass is 392 g/mol. The van der Waals surface area contributed by atoms with E-state index in [0.29, 0.717) is 24.6 Å². The normalized spacial score (nSPS) is 23.8. The summed E-state index contributed by atoms with van der Waals surface area (Å²) in [5.41, 5.74) is 2.14. The van der Waals surface area contributed by atoms with Gasteiger partial charge in [-0.25, -0.2) is 0 Å². The molecule has 2 amide bonds. The molecule has 1 atom stereocenters. The minimum absolute atomic E-state index is 0.0117. The Morgan fingerprint density at radius 3 is 2.48 bits per heavy atom. The zero-order valence-corrected chi connectivity index (χ0v) is 16.8. The summed E-state index contributed by atoms with van der Waals surface area (Å²) in [5, 5.41) is 3.17. The summed E-state index contributed by atoms with van der Waals surface area (Å²) in [4.78, 5) is 26.7. The van der Waals surface area contributed by atoms with Crippen molar-refractivity contribution < 1.29 is 14.3 Å². The van der Waals surface area contributed by atoms with Crippen LogP contribution in [0.1, 0.15) is 50.5 Å². The molecule has 152 valence electrons. The average Bonchev–Trinajstić information content (AvgIpc) is 2.75. The van der Waals surface area contributed by atoms with Crippen LogP contribution in [0.5, 0.6) is 5.75 Å². The summed E-state index contributed by atoms with van der Waals surface area (Å²) in [5.74, 6) is 1.20. The van der Waals surface area contributed by atoms with Crippen molar-refractivity contribution in [2.75, 3.05) is 11.4 Å². The van der Waals surface area contributed by atoms with Crippen LogP contribution in [-0.4, -0.2) is 30.5 Å². The number of amides is 2. The summed E-state index contributed by atoms with van der Waals surface area (Å²) >= 11 is 0. The Balaban J connectivity index is 1.28. The number of ether oxygens (including phenoxy) is 1. The summed E-state index contributed by atoms with van der Waals surface area (Å²) in [7, 11) is 0. The second-order valence-electron chi connectivity index (χ2n) is 7.99. The van der Waals surface area contributed by atoms with E-state index in [0.717, 1.165) is 31.4 Å². The number of benzene rings is 2. The Bertz CT molecular complexity index is 859. The first-order valence-electron chi connectivity index (χ1n) is 10.5. The maximum Gasteiger partial charge on any atom is 0.267 e. The zero-order chi connectivity index (χ0) is 20.2. The molecular weight excluding hydrogens is 364 g/mol. The second kappa shape index (κ2) is 8.68. The number of hydrogen-bond acceptors (Lipinski definition) is 3. The van der Waals surface area contributed by atoms with Crippen LogP contribution in [0.15, 0.2) is 54.6 Å². The quantitative estimate of drug-likeness (QED) is 0.836. The third kappa shape index (κ3) is 4.44. The van der Waals surface area contributed by atoms with Gasteiger partial charge in [-0.1, -0.05) is 42.5 Å². The smallest absolute Gasteiger partial charge is 0.267 e. The SMILES string of the molecule is CC1Oc2ccccc2N(CCC(=O)NC2CCC(c3ccccc3)CC2)C1=O. The molecule has 0 spiro atoms. The molecule has 0 radical (unpaired) electrons. The maximum absolute atomic E-state index is 12.5. The Kier molecular flexibility index (Phi) is 5.84. The van der Waals surface area contributed by atoms with Crippen molar-refractivity contribution in [2.24, 2.45) is 0 Å². The number of anilines is 1. The molecule has 1 unspecified atom stereocenters. The molecule has 1 heterocycles. The van der Waals surface area contributed by atoms with Crippen LogP contribution in [0.3, 0.4) is 0 Å². The lowest BCUT2D eigenvalue weighted by molar-refractivity contribution is -0.125. The Labute approximate surface area is 172 Å². The van der Waals surface area contributed by atoms with Gasteiger partial charge in [0.25, 0.3) is 5.91 Å². The lowest BCUT2D eigenvalue weighted by Gasteiger charge is -2.33. The van der Waals surface area contributed by atoms with Gasteiger partial charge < -0.3 is 15.0 Å². The van der Waals surface area contributed by atoms with Gasteiger partial charge in [0, 0.05) is 19.0 Å². The average molecular weight is 392 g/mol. The molecule has 1 aliphatic heterocycles. The molecule has 2 aromatic carbocycles. The summed E-state index contributed by atoms with van der Waals surface area (Å²) < 4.78 is 5.66. The third-order valence-electron chi connectivity index (χ3n) is 6.00. The van der Waals surface area contributed by atoms with Crippen LogP contribution >= 0.6 is 0 Å². The minimum atomic E-state index is -0.527. The number of rotatable bonds is 5. The van der Waals surface area contributed by atoms with E-state index in [1.54, 1.807) is 11.8 Å². The molecule has 5 heteroatoms. The molecule has 4 rings (SSSR count). The van der Waals surface area contributed by atoms with Crippen molar-refractivity contribution in [2.45, 2.75) is 57.1 Å². The molecule has 0 aromatic heterocycles. The predicted molar refractivity (Wildman–Crippen MR) is 113 cm³/mol. The van der Waals surface area contributed by atoms with Crippen molar-refractivity contribution in [3.8, 4) is 5.75 Å². The topological polar surface area (TPSA) is 58.6 Å². The van der Waals surface area contributed by atoms with E-state index >= 15 is 0 Å². The first-order chi connectivity index (χ1) is 14.1. The van der Waals surface area contributed by atoms with Crippen LogP contribution in [0, 0.1) is 0 Å². The van der Waals surface area contributed by atoms with Gasteiger partial charge >= 0.3 is 0 Å². The largest absolute Gasteiger partial charge is 0.479 e. The summed E-state index contributed by atoms with van der Waals surface area (Å²) in [6, 6.07) is 18.3. The molecule has 1 N–H and O–H groups in total. The Morgan fingerprint density at radius 2 is 1.72 bits per heavy atom. The van der Waals surface area contributed by atoms with Gasteiger partial charge in [-0.15, -0.1) is 0 Å². The maximum atomic E-state index is 12.5. The van der Waals surface area contributed by atoms with E-state index in [9.17, 15) is 9.59 Å². The zero-order valence-electron chi connectivity index (χ0n) is 16.8. The van der Waals surface area contributed by atoms with Crippen molar-refractivity contribution in [3.63, 3.8) is 0 Å². The number of nitrogens with one attached hydrogen (secondary N) is 1. The van der Waals surface area contributed by atoms with E-state index in [1.807, 2.05) is 30.3 Å². The van der Waals surface area contributed by atoms with Gasteiger partial charge in [-0.2, -0.15) is 0 Å².